The average molecular weight is 250 g/mol. The maximum Gasteiger partial charge on any atom is 0.227 e. The zero-order chi connectivity index (χ0) is 12.2. The predicted octanol–water partition coefficient (Wildman–Crippen LogP) is -1.59. The molecule has 7 heteroatoms. The Morgan fingerprint density at radius 1 is 1.19 bits per heavy atom. The van der Waals surface area contributed by atoms with Gasteiger partial charge >= 0.3 is 0 Å². The van der Waals surface area contributed by atoms with E-state index >= 15 is 0 Å². The molecule has 1 aliphatic heterocycles. The van der Waals surface area contributed by atoms with Gasteiger partial charge in [-0.05, 0) is 14.1 Å². The average Bonchev–Trinajstić information content (AvgIpc) is 2.17. The van der Waals surface area contributed by atoms with E-state index in [2.05, 4.69) is 4.90 Å². The number of piperazine rings is 1. The third-order valence-corrected chi connectivity index (χ3v) is 4.59. The zero-order valence-electron chi connectivity index (χ0n) is 10.1. The molecule has 0 spiro atoms. The van der Waals surface area contributed by atoms with Crippen molar-refractivity contribution in [3.8, 4) is 0 Å². The van der Waals surface area contributed by atoms with Crippen LogP contribution in [-0.4, -0.2) is 81.8 Å². The summed E-state index contributed by atoms with van der Waals surface area (Å²) in [5.74, 6) is 0.0872. The maximum absolute atomic E-state index is 11.9. The quantitative estimate of drug-likeness (QED) is 0.637. The topological polar surface area (TPSA) is 69.9 Å². The van der Waals surface area contributed by atoms with Crippen LogP contribution < -0.4 is 5.73 Å². The van der Waals surface area contributed by atoms with Gasteiger partial charge in [-0.2, -0.15) is 4.31 Å². The standard InChI is InChI=1S/C9H22N4O2S/c1-11(2)9-16(14,15)13-7-5-12(4-3-10)6-8-13/h3-10H2,1-2H3. The number of hydrogen-bond acceptors (Lipinski definition) is 5. The monoisotopic (exact) mass is 250 g/mol. The van der Waals surface area contributed by atoms with Crippen LogP contribution in [0.25, 0.3) is 0 Å². The molecular formula is C9H22N4O2S. The van der Waals surface area contributed by atoms with E-state index in [1.807, 2.05) is 0 Å². The number of sulfonamides is 1. The highest BCUT2D eigenvalue weighted by Gasteiger charge is 2.26. The van der Waals surface area contributed by atoms with Crippen LogP contribution in [-0.2, 0) is 10.0 Å². The summed E-state index contributed by atoms with van der Waals surface area (Å²) in [6.07, 6.45) is 0. The van der Waals surface area contributed by atoms with E-state index < -0.39 is 10.0 Å². The lowest BCUT2D eigenvalue weighted by Crippen LogP contribution is -2.51. The van der Waals surface area contributed by atoms with E-state index in [1.54, 1.807) is 23.3 Å². The molecule has 0 aromatic heterocycles. The Bertz CT molecular complexity index is 297. The Morgan fingerprint density at radius 2 is 1.75 bits per heavy atom. The molecule has 2 N–H and O–H groups in total. The predicted molar refractivity (Wildman–Crippen MR) is 64.5 cm³/mol. The van der Waals surface area contributed by atoms with Gasteiger partial charge < -0.3 is 5.73 Å². The maximum atomic E-state index is 11.9. The van der Waals surface area contributed by atoms with Crippen LogP contribution in [0, 0.1) is 0 Å². The van der Waals surface area contributed by atoms with Crippen molar-refractivity contribution in [1.29, 1.82) is 0 Å². The van der Waals surface area contributed by atoms with Gasteiger partial charge in [-0.15, -0.1) is 0 Å². The Labute approximate surface area is 98.0 Å². The lowest BCUT2D eigenvalue weighted by atomic mass is 10.3. The van der Waals surface area contributed by atoms with Crippen LogP contribution >= 0.6 is 0 Å². The molecule has 0 bridgehead atoms. The lowest BCUT2D eigenvalue weighted by Gasteiger charge is -2.34. The van der Waals surface area contributed by atoms with Gasteiger partial charge in [0.05, 0.1) is 0 Å². The smallest absolute Gasteiger partial charge is 0.227 e. The molecular weight excluding hydrogens is 228 g/mol. The van der Waals surface area contributed by atoms with Crippen molar-refractivity contribution in [2.75, 3.05) is 59.2 Å². The van der Waals surface area contributed by atoms with E-state index in [9.17, 15) is 8.42 Å². The van der Waals surface area contributed by atoms with Crippen molar-refractivity contribution in [1.82, 2.24) is 14.1 Å². The van der Waals surface area contributed by atoms with Crippen molar-refractivity contribution in [3.05, 3.63) is 0 Å². The van der Waals surface area contributed by atoms with Gasteiger partial charge in [0.2, 0.25) is 10.0 Å². The minimum absolute atomic E-state index is 0.0872. The van der Waals surface area contributed by atoms with Crippen molar-refractivity contribution in [2.24, 2.45) is 5.73 Å². The van der Waals surface area contributed by atoms with Gasteiger partial charge in [0.1, 0.15) is 5.88 Å². The molecule has 0 unspecified atom stereocenters. The summed E-state index contributed by atoms with van der Waals surface area (Å²) in [6.45, 7) is 4.20. The Morgan fingerprint density at radius 3 is 2.19 bits per heavy atom. The third kappa shape index (κ3) is 3.99. The molecule has 0 aromatic carbocycles. The van der Waals surface area contributed by atoms with Crippen LogP contribution in [0.1, 0.15) is 0 Å². The minimum atomic E-state index is -3.12. The van der Waals surface area contributed by atoms with Gasteiger partial charge in [-0.25, -0.2) is 8.42 Å². The van der Waals surface area contributed by atoms with E-state index in [1.165, 1.54) is 0 Å². The van der Waals surface area contributed by atoms with Gasteiger partial charge in [0, 0.05) is 39.3 Å². The highest BCUT2D eigenvalue weighted by atomic mass is 32.2. The fourth-order valence-corrected chi connectivity index (χ4v) is 3.36. The van der Waals surface area contributed by atoms with Crippen molar-refractivity contribution < 1.29 is 8.42 Å². The van der Waals surface area contributed by atoms with Crippen LogP contribution in [0.2, 0.25) is 0 Å². The van der Waals surface area contributed by atoms with Crippen LogP contribution in [0.5, 0.6) is 0 Å². The molecule has 1 aliphatic rings. The van der Waals surface area contributed by atoms with Gasteiger partial charge in [0.15, 0.2) is 0 Å². The minimum Gasteiger partial charge on any atom is -0.329 e. The van der Waals surface area contributed by atoms with Crippen LogP contribution in [0.4, 0.5) is 0 Å². The first-order valence-electron chi connectivity index (χ1n) is 5.50. The van der Waals surface area contributed by atoms with E-state index in [0.717, 1.165) is 19.6 Å². The second-order valence-corrected chi connectivity index (χ2v) is 6.29. The summed E-state index contributed by atoms with van der Waals surface area (Å²) in [6, 6.07) is 0. The number of nitrogens with zero attached hydrogens (tertiary/aromatic N) is 3. The largest absolute Gasteiger partial charge is 0.329 e. The van der Waals surface area contributed by atoms with E-state index in [-0.39, 0.29) is 5.88 Å². The summed E-state index contributed by atoms with van der Waals surface area (Å²) in [7, 11) is 0.413. The fourth-order valence-electron chi connectivity index (χ4n) is 1.82. The van der Waals surface area contributed by atoms with Gasteiger partial charge in [0.25, 0.3) is 0 Å². The van der Waals surface area contributed by atoms with Gasteiger partial charge in [-0.1, -0.05) is 0 Å². The molecule has 6 nitrogen and oxygen atoms in total. The number of rotatable bonds is 5. The van der Waals surface area contributed by atoms with E-state index in [4.69, 9.17) is 5.73 Å². The highest BCUT2D eigenvalue weighted by Crippen LogP contribution is 2.08. The highest BCUT2D eigenvalue weighted by molar-refractivity contribution is 7.89. The number of nitrogens with two attached hydrogens (primary N) is 1. The molecule has 0 aliphatic carbocycles. The molecule has 1 heterocycles. The molecule has 1 rings (SSSR count). The van der Waals surface area contributed by atoms with Gasteiger partial charge in [-0.3, -0.25) is 9.80 Å². The van der Waals surface area contributed by atoms with Crippen LogP contribution in [0.3, 0.4) is 0 Å². The summed E-state index contributed by atoms with van der Waals surface area (Å²) < 4.78 is 25.4. The zero-order valence-corrected chi connectivity index (χ0v) is 10.9. The Hall–Kier alpha value is -0.210. The first-order chi connectivity index (χ1) is 7.45. The summed E-state index contributed by atoms with van der Waals surface area (Å²) >= 11 is 0. The molecule has 16 heavy (non-hydrogen) atoms. The molecule has 1 saturated heterocycles. The third-order valence-electron chi connectivity index (χ3n) is 2.59. The Kier molecular flexibility index (Phi) is 5.13. The Balaban J connectivity index is 2.47. The lowest BCUT2D eigenvalue weighted by molar-refractivity contribution is 0.191. The van der Waals surface area contributed by atoms with Crippen LogP contribution in [0.15, 0.2) is 0 Å². The molecule has 0 atom stereocenters. The SMILES string of the molecule is CN(C)CS(=O)(=O)N1CCN(CCN)CC1. The molecule has 0 aromatic rings. The molecule has 1 fully saturated rings. The number of hydrogen-bond donors (Lipinski definition) is 1. The van der Waals surface area contributed by atoms with Crippen molar-refractivity contribution in [3.63, 3.8) is 0 Å². The van der Waals surface area contributed by atoms with Crippen molar-refractivity contribution >= 4 is 10.0 Å². The van der Waals surface area contributed by atoms with E-state index in [0.29, 0.717) is 19.6 Å². The fraction of sp³-hybridized carbons (Fsp3) is 1.00. The summed E-state index contributed by atoms with van der Waals surface area (Å²) in [4.78, 5) is 3.88. The summed E-state index contributed by atoms with van der Waals surface area (Å²) in [5.41, 5.74) is 5.47. The molecule has 0 saturated carbocycles. The second kappa shape index (κ2) is 5.92. The second-order valence-electron chi connectivity index (χ2n) is 4.35. The molecule has 0 radical (unpaired) electrons. The van der Waals surface area contributed by atoms with Crippen molar-refractivity contribution in [2.45, 2.75) is 0 Å². The first kappa shape index (κ1) is 13.9. The molecule has 0 amide bonds. The molecule has 96 valence electrons. The first-order valence-corrected chi connectivity index (χ1v) is 7.11. The normalized spacial score (nSPS) is 20.5. The summed E-state index contributed by atoms with van der Waals surface area (Å²) in [5, 5.41) is 0.